The van der Waals surface area contributed by atoms with Crippen molar-refractivity contribution in [2.45, 2.75) is 32.4 Å². The van der Waals surface area contributed by atoms with Gasteiger partial charge in [-0.2, -0.15) is 5.26 Å². The molecule has 0 aromatic heterocycles. The van der Waals surface area contributed by atoms with Crippen LogP contribution in [0.4, 0.5) is 0 Å². The van der Waals surface area contributed by atoms with E-state index in [1.165, 1.54) is 0 Å². The van der Waals surface area contributed by atoms with Gasteiger partial charge in [0, 0.05) is 24.2 Å². The van der Waals surface area contributed by atoms with Gasteiger partial charge in [-0.1, -0.05) is 13.0 Å². The van der Waals surface area contributed by atoms with Crippen LogP contribution in [0.5, 0.6) is 11.5 Å². The summed E-state index contributed by atoms with van der Waals surface area (Å²) in [4.78, 5) is 0. The third kappa shape index (κ3) is 3.97. The molecule has 0 amide bonds. The summed E-state index contributed by atoms with van der Waals surface area (Å²) in [5.41, 5.74) is 0.808. The van der Waals surface area contributed by atoms with Crippen LogP contribution >= 0.6 is 0 Å². The second kappa shape index (κ2) is 6.77. The van der Waals surface area contributed by atoms with Crippen LogP contribution in [0, 0.1) is 11.3 Å². The van der Waals surface area contributed by atoms with Crippen molar-refractivity contribution in [2.24, 2.45) is 0 Å². The normalized spacial score (nSPS) is 11.8. The Morgan fingerprint density at radius 3 is 2.82 bits per heavy atom. The number of nitriles is 1. The average molecular weight is 234 g/mol. The number of hydrogen-bond acceptors (Lipinski definition) is 4. The zero-order chi connectivity index (χ0) is 12.7. The zero-order valence-corrected chi connectivity index (χ0v) is 10.2. The Balaban J connectivity index is 2.60. The Labute approximate surface area is 102 Å². The van der Waals surface area contributed by atoms with Crippen molar-refractivity contribution in [3.8, 4) is 17.6 Å². The van der Waals surface area contributed by atoms with Crippen LogP contribution in [0.3, 0.4) is 0 Å². The van der Waals surface area contributed by atoms with Gasteiger partial charge < -0.3 is 15.2 Å². The number of nitrogens with one attached hydrogen (secondary N) is 1. The van der Waals surface area contributed by atoms with Crippen molar-refractivity contribution in [3.63, 3.8) is 0 Å². The van der Waals surface area contributed by atoms with Crippen molar-refractivity contribution >= 4 is 0 Å². The predicted octanol–water partition coefficient (Wildman–Crippen LogP) is 2.18. The minimum atomic E-state index is 0.168. The lowest BCUT2D eigenvalue weighted by molar-refractivity contribution is 0.405. The molecule has 0 radical (unpaired) electrons. The molecule has 0 bridgehead atoms. The highest BCUT2D eigenvalue weighted by Gasteiger charge is 2.07. The second-order valence-electron chi connectivity index (χ2n) is 3.84. The molecular weight excluding hydrogens is 216 g/mol. The Hall–Kier alpha value is -1.73. The van der Waals surface area contributed by atoms with Gasteiger partial charge in [0.15, 0.2) is 0 Å². The van der Waals surface area contributed by atoms with E-state index >= 15 is 0 Å². The van der Waals surface area contributed by atoms with E-state index in [-0.39, 0.29) is 11.8 Å². The Morgan fingerprint density at radius 1 is 1.53 bits per heavy atom. The third-order valence-corrected chi connectivity index (χ3v) is 2.70. The van der Waals surface area contributed by atoms with E-state index in [9.17, 15) is 5.11 Å². The molecule has 1 aromatic rings. The van der Waals surface area contributed by atoms with Gasteiger partial charge in [0.25, 0.3) is 0 Å². The zero-order valence-electron chi connectivity index (χ0n) is 10.2. The number of phenolic OH excluding ortho intramolecular Hbond substituents is 1. The first-order chi connectivity index (χ1) is 8.21. The molecule has 1 unspecified atom stereocenters. The fraction of sp³-hybridized carbons (Fsp3) is 0.462. The molecule has 0 aliphatic carbocycles. The van der Waals surface area contributed by atoms with Gasteiger partial charge in [-0.15, -0.1) is 0 Å². The van der Waals surface area contributed by atoms with E-state index in [0.717, 1.165) is 12.0 Å². The van der Waals surface area contributed by atoms with Crippen LogP contribution in [0.25, 0.3) is 0 Å². The lowest BCUT2D eigenvalue weighted by Gasteiger charge is -2.14. The van der Waals surface area contributed by atoms with E-state index in [1.54, 1.807) is 13.2 Å². The quantitative estimate of drug-likeness (QED) is 0.791. The molecule has 0 saturated carbocycles. The van der Waals surface area contributed by atoms with E-state index in [2.05, 4.69) is 11.4 Å². The molecule has 4 nitrogen and oxygen atoms in total. The number of benzene rings is 1. The molecule has 4 heteroatoms. The lowest BCUT2D eigenvalue weighted by Crippen LogP contribution is -2.27. The summed E-state index contributed by atoms with van der Waals surface area (Å²) in [6.45, 7) is 2.58. The largest absolute Gasteiger partial charge is 0.507 e. The minimum absolute atomic E-state index is 0.168. The standard InChI is InChI=1S/C13H18N2O2/c1-3-11(6-7-14)15-9-10-4-5-12(17-2)8-13(10)16/h4-5,8,11,15-16H,3,6,9H2,1-2H3. The fourth-order valence-electron chi connectivity index (χ4n) is 1.55. The number of nitrogens with zero attached hydrogens (tertiary/aromatic N) is 1. The molecule has 0 spiro atoms. The van der Waals surface area contributed by atoms with Gasteiger partial charge in [0.05, 0.1) is 19.6 Å². The predicted molar refractivity (Wildman–Crippen MR) is 65.8 cm³/mol. The summed E-state index contributed by atoms with van der Waals surface area (Å²) in [6.07, 6.45) is 1.37. The highest BCUT2D eigenvalue weighted by molar-refractivity contribution is 5.39. The fourth-order valence-corrected chi connectivity index (χ4v) is 1.55. The van der Waals surface area contributed by atoms with Crippen LogP contribution in [0.15, 0.2) is 18.2 Å². The molecule has 17 heavy (non-hydrogen) atoms. The van der Waals surface area contributed by atoms with E-state index in [1.807, 2.05) is 19.1 Å². The first kappa shape index (κ1) is 13.3. The number of rotatable bonds is 6. The molecule has 0 heterocycles. The van der Waals surface area contributed by atoms with Crippen LogP contribution in [-0.4, -0.2) is 18.3 Å². The highest BCUT2D eigenvalue weighted by Crippen LogP contribution is 2.23. The van der Waals surface area contributed by atoms with Gasteiger partial charge in [-0.05, 0) is 12.5 Å². The van der Waals surface area contributed by atoms with Gasteiger partial charge in [0.2, 0.25) is 0 Å². The van der Waals surface area contributed by atoms with Crippen LogP contribution in [0.1, 0.15) is 25.3 Å². The summed E-state index contributed by atoms with van der Waals surface area (Å²) in [5.74, 6) is 0.846. The molecule has 0 aliphatic heterocycles. The van der Waals surface area contributed by atoms with Gasteiger partial charge in [-0.25, -0.2) is 0 Å². The van der Waals surface area contributed by atoms with Crippen molar-refractivity contribution in [2.75, 3.05) is 7.11 Å². The second-order valence-corrected chi connectivity index (χ2v) is 3.84. The SMILES string of the molecule is CCC(CC#N)NCc1ccc(OC)cc1O. The summed E-state index contributed by atoms with van der Waals surface area (Å²) in [5, 5.41) is 21.6. The van der Waals surface area contributed by atoms with Crippen molar-refractivity contribution < 1.29 is 9.84 Å². The Morgan fingerprint density at radius 2 is 2.29 bits per heavy atom. The molecular formula is C13H18N2O2. The molecule has 2 N–H and O–H groups in total. The van der Waals surface area contributed by atoms with Crippen LogP contribution < -0.4 is 10.1 Å². The van der Waals surface area contributed by atoms with Crippen LogP contribution in [-0.2, 0) is 6.54 Å². The van der Waals surface area contributed by atoms with Gasteiger partial charge in [-0.3, -0.25) is 0 Å². The Kier molecular flexibility index (Phi) is 5.31. The first-order valence-electron chi connectivity index (χ1n) is 5.67. The number of hydrogen-bond donors (Lipinski definition) is 2. The molecule has 1 rings (SSSR count). The third-order valence-electron chi connectivity index (χ3n) is 2.70. The minimum Gasteiger partial charge on any atom is -0.507 e. The smallest absolute Gasteiger partial charge is 0.123 e. The van der Waals surface area contributed by atoms with Crippen LogP contribution in [0.2, 0.25) is 0 Å². The molecule has 1 atom stereocenters. The molecule has 92 valence electrons. The van der Waals surface area contributed by atoms with E-state index in [4.69, 9.17) is 10.00 Å². The van der Waals surface area contributed by atoms with Crippen molar-refractivity contribution in [3.05, 3.63) is 23.8 Å². The number of ether oxygens (including phenoxy) is 1. The summed E-state index contributed by atoms with van der Waals surface area (Å²) < 4.78 is 5.01. The molecule has 0 aliphatic rings. The van der Waals surface area contributed by atoms with Gasteiger partial charge in [0.1, 0.15) is 11.5 Å². The summed E-state index contributed by atoms with van der Waals surface area (Å²) in [6, 6.07) is 7.52. The summed E-state index contributed by atoms with van der Waals surface area (Å²) in [7, 11) is 1.56. The maximum atomic E-state index is 9.75. The van der Waals surface area contributed by atoms with E-state index in [0.29, 0.717) is 18.7 Å². The topological polar surface area (TPSA) is 65.3 Å². The van der Waals surface area contributed by atoms with E-state index < -0.39 is 0 Å². The van der Waals surface area contributed by atoms with Gasteiger partial charge >= 0.3 is 0 Å². The maximum absolute atomic E-state index is 9.75. The first-order valence-corrected chi connectivity index (χ1v) is 5.67. The average Bonchev–Trinajstić information content (AvgIpc) is 2.35. The Bertz CT molecular complexity index is 399. The lowest BCUT2D eigenvalue weighted by atomic mass is 10.1. The van der Waals surface area contributed by atoms with Crippen molar-refractivity contribution in [1.29, 1.82) is 5.26 Å². The monoisotopic (exact) mass is 234 g/mol. The number of aromatic hydroxyl groups is 1. The van der Waals surface area contributed by atoms with Crippen molar-refractivity contribution in [1.82, 2.24) is 5.32 Å². The molecule has 0 saturated heterocycles. The molecule has 1 aromatic carbocycles. The summed E-state index contributed by atoms with van der Waals surface area (Å²) >= 11 is 0. The highest BCUT2D eigenvalue weighted by atomic mass is 16.5. The molecule has 0 fully saturated rings. The number of methoxy groups -OCH3 is 1. The number of phenols is 1. The maximum Gasteiger partial charge on any atom is 0.123 e.